The number of anilines is 1. The zero-order chi connectivity index (χ0) is 13.0. The number of pyridine rings is 1. The number of aromatic nitrogens is 1. The number of aldehydes is 1. The minimum absolute atomic E-state index is 0.000988. The number of nitrogens with zero attached hydrogens (tertiary/aromatic N) is 5. The van der Waals surface area contributed by atoms with Crippen LogP contribution in [0, 0.1) is 5.92 Å². The van der Waals surface area contributed by atoms with E-state index in [0.29, 0.717) is 37.0 Å². The van der Waals surface area contributed by atoms with E-state index in [1.165, 1.54) is 12.4 Å². The molecule has 0 aliphatic carbocycles. The van der Waals surface area contributed by atoms with Crippen LogP contribution in [0.5, 0.6) is 0 Å². The largest absolute Gasteiger partial charge is 0.311 e. The average molecular weight is 245 g/mol. The molecule has 2 heterocycles. The Morgan fingerprint density at radius 1 is 1.67 bits per heavy atom. The van der Waals surface area contributed by atoms with E-state index in [-0.39, 0.29) is 11.8 Å². The summed E-state index contributed by atoms with van der Waals surface area (Å²) in [5.74, 6) is -0.0662. The van der Waals surface area contributed by atoms with Gasteiger partial charge in [0.15, 0.2) is 6.29 Å². The van der Waals surface area contributed by atoms with Crippen molar-refractivity contribution in [2.45, 2.75) is 6.42 Å². The van der Waals surface area contributed by atoms with E-state index in [9.17, 15) is 9.59 Å². The minimum atomic E-state index is -0.0672. The minimum Gasteiger partial charge on any atom is -0.311 e. The second-order valence-corrected chi connectivity index (χ2v) is 4.04. The topological polar surface area (TPSA) is 99.0 Å². The van der Waals surface area contributed by atoms with Gasteiger partial charge in [-0.3, -0.25) is 14.6 Å². The molecule has 1 aliphatic rings. The molecule has 0 N–H and O–H groups in total. The molecule has 1 aliphatic heterocycles. The van der Waals surface area contributed by atoms with Crippen molar-refractivity contribution >= 4 is 17.9 Å². The number of carbonyl (C=O) groups is 2. The lowest BCUT2D eigenvalue weighted by molar-refractivity contribution is -0.117. The zero-order valence-corrected chi connectivity index (χ0v) is 9.56. The first kappa shape index (κ1) is 12.1. The van der Waals surface area contributed by atoms with Crippen molar-refractivity contribution < 1.29 is 9.59 Å². The van der Waals surface area contributed by atoms with Gasteiger partial charge in [-0.15, -0.1) is 0 Å². The van der Waals surface area contributed by atoms with E-state index in [4.69, 9.17) is 5.53 Å². The van der Waals surface area contributed by atoms with E-state index in [2.05, 4.69) is 15.0 Å². The van der Waals surface area contributed by atoms with Gasteiger partial charge in [-0.25, -0.2) is 0 Å². The van der Waals surface area contributed by atoms with Crippen LogP contribution < -0.4 is 4.90 Å². The van der Waals surface area contributed by atoms with Crippen LogP contribution in [0.4, 0.5) is 5.69 Å². The van der Waals surface area contributed by atoms with Crippen molar-refractivity contribution in [2.75, 3.05) is 18.0 Å². The SMILES string of the molecule is [N-]=[N+]=NCC1CC(=O)N(c2ccncc2C=O)C1. The lowest BCUT2D eigenvalue weighted by Gasteiger charge is -2.17. The van der Waals surface area contributed by atoms with Crippen molar-refractivity contribution in [3.05, 3.63) is 34.5 Å². The molecular weight excluding hydrogens is 234 g/mol. The van der Waals surface area contributed by atoms with Crippen molar-refractivity contribution in [3.8, 4) is 0 Å². The van der Waals surface area contributed by atoms with Gasteiger partial charge in [0.25, 0.3) is 0 Å². The molecule has 1 fully saturated rings. The molecule has 0 bridgehead atoms. The molecule has 0 spiro atoms. The van der Waals surface area contributed by atoms with E-state index < -0.39 is 0 Å². The molecule has 0 radical (unpaired) electrons. The molecule has 2 rings (SSSR count). The Kier molecular flexibility index (Phi) is 3.54. The van der Waals surface area contributed by atoms with Crippen LogP contribution in [0.2, 0.25) is 0 Å². The maximum absolute atomic E-state index is 11.9. The molecule has 1 saturated heterocycles. The van der Waals surface area contributed by atoms with Gasteiger partial charge in [0.1, 0.15) is 0 Å². The second-order valence-electron chi connectivity index (χ2n) is 4.04. The summed E-state index contributed by atoms with van der Waals surface area (Å²) >= 11 is 0. The summed E-state index contributed by atoms with van der Waals surface area (Å²) in [6.07, 6.45) is 3.97. The monoisotopic (exact) mass is 245 g/mol. The molecule has 1 unspecified atom stereocenters. The maximum Gasteiger partial charge on any atom is 0.227 e. The summed E-state index contributed by atoms with van der Waals surface area (Å²) in [4.78, 5) is 30.8. The van der Waals surface area contributed by atoms with Gasteiger partial charge in [-0.05, 0) is 17.5 Å². The number of hydrogen-bond donors (Lipinski definition) is 0. The zero-order valence-electron chi connectivity index (χ0n) is 9.56. The van der Waals surface area contributed by atoms with Gasteiger partial charge in [0.2, 0.25) is 5.91 Å². The highest BCUT2D eigenvalue weighted by molar-refractivity contribution is 5.99. The molecule has 7 nitrogen and oxygen atoms in total. The fourth-order valence-corrected chi connectivity index (χ4v) is 2.02. The predicted molar refractivity (Wildman–Crippen MR) is 64.1 cm³/mol. The first-order valence-corrected chi connectivity index (χ1v) is 5.46. The summed E-state index contributed by atoms with van der Waals surface area (Å²) in [5.41, 5.74) is 9.21. The first-order valence-electron chi connectivity index (χ1n) is 5.46. The Labute approximate surface area is 103 Å². The van der Waals surface area contributed by atoms with Gasteiger partial charge >= 0.3 is 0 Å². The number of carbonyl (C=O) groups excluding carboxylic acids is 2. The third-order valence-electron chi connectivity index (χ3n) is 2.85. The summed E-state index contributed by atoms with van der Waals surface area (Å²) in [6.45, 7) is 0.753. The fourth-order valence-electron chi connectivity index (χ4n) is 2.02. The first-order chi connectivity index (χ1) is 8.76. The van der Waals surface area contributed by atoms with Crippen LogP contribution in [-0.2, 0) is 4.79 Å². The Morgan fingerprint density at radius 3 is 3.22 bits per heavy atom. The highest BCUT2D eigenvalue weighted by atomic mass is 16.2. The molecule has 1 atom stereocenters. The Bertz CT molecular complexity index is 524. The summed E-state index contributed by atoms with van der Waals surface area (Å²) < 4.78 is 0. The van der Waals surface area contributed by atoms with Crippen LogP contribution in [0.1, 0.15) is 16.8 Å². The molecule has 92 valence electrons. The van der Waals surface area contributed by atoms with Crippen LogP contribution >= 0.6 is 0 Å². The highest BCUT2D eigenvalue weighted by Gasteiger charge is 2.31. The van der Waals surface area contributed by atoms with E-state index in [0.717, 1.165) is 0 Å². The highest BCUT2D eigenvalue weighted by Crippen LogP contribution is 2.26. The molecule has 1 aromatic heterocycles. The molecule has 1 amide bonds. The van der Waals surface area contributed by atoms with Gasteiger partial charge in [-0.2, -0.15) is 0 Å². The average Bonchev–Trinajstić information content (AvgIpc) is 2.77. The third-order valence-corrected chi connectivity index (χ3v) is 2.85. The van der Waals surface area contributed by atoms with Crippen molar-refractivity contribution in [2.24, 2.45) is 11.0 Å². The summed E-state index contributed by atoms with van der Waals surface area (Å²) in [7, 11) is 0. The van der Waals surface area contributed by atoms with Crippen molar-refractivity contribution in [1.29, 1.82) is 0 Å². The molecule has 1 aromatic rings. The van der Waals surface area contributed by atoms with Crippen molar-refractivity contribution in [3.63, 3.8) is 0 Å². The Balaban J connectivity index is 2.21. The third kappa shape index (κ3) is 2.31. The van der Waals surface area contributed by atoms with Crippen LogP contribution in [0.3, 0.4) is 0 Å². The predicted octanol–water partition coefficient (Wildman–Crippen LogP) is 1.56. The molecule has 0 aromatic carbocycles. The van der Waals surface area contributed by atoms with E-state index >= 15 is 0 Å². The molecule has 18 heavy (non-hydrogen) atoms. The summed E-state index contributed by atoms with van der Waals surface area (Å²) in [6, 6.07) is 1.64. The van der Waals surface area contributed by atoms with Crippen molar-refractivity contribution in [1.82, 2.24) is 4.98 Å². The lowest BCUT2D eigenvalue weighted by Crippen LogP contribution is -2.26. The smallest absolute Gasteiger partial charge is 0.227 e. The molecular formula is C11H11N5O2. The Morgan fingerprint density at radius 2 is 2.50 bits per heavy atom. The molecule has 0 saturated carbocycles. The standard InChI is InChI=1S/C11H11N5O2/c12-15-14-4-8-3-11(18)16(6-8)10-1-2-13-5-9(10)7-17/h1-2,5,7-8H,3-4,6H2. The quantitative estimate of drug-likeness (QED) is 0.348. The summed E-state index contributed by atoms with van der Waals surface area (Å²) in [5, 5.41) is 3.48. The molecule has 7 heteroatoms. The lowest BCUT2D eigenvalue weighted by atomic mass is 10.1. The number of amides is 1. The number of azide groups is 1. The van der Waals surface area contributed by atoms with E-state index in [1.54, 1.807) is 11.0 Å². The Hall–Kier alpha value is -2.40. The van der Waals surface area contributed by atoms with Gasteiger partial charge < -0.3 is 4.90 Å². The van der Waals surface area contributed by atoms with Crippen LogP contribution in [0.25, 0.3) is 10.4 Å². The van der Waals surface area contributed by atoms with Gasteiger partial charge in [0, 0.05) is 36.8 Å². The normalized spacial score (nSPS) is 18.6. The van der Waals surface area contributed by atoms with Crippen LogP contribution in [-0.4, -0.2) is 30.3 Å². The van der Waals surface area contributed by atoms with E-state index in [1.807, 2.05) is 0 Å². The second kappa shape index (κ2) is 5.29. The van der Waals surface area contributed by atoms with Crippen LogP contribution in [0.15, 0.2) is 23.6 Å². The van der Waals surface area contributed by atoms with Gasteiger partial charge in [0.05, 0.1) is 11.3 Å². The fraction of sp³-hybridized carbons (Fsp3) is 0.364. The van der Waals surface area contributed by atoms with Gasteiger partial charge in [-0.1, -0.05) is 5.11 Å². The maximum atomic E-state index is 11.9. The number of hydrogen-bond acceptors (Lipinski definition) is 4. The number of rotatable bonds is 4.